The molecule has 1 aromatic rings. The lowest BCUT2D eigenvalue weighted by Gasteiger charge is -2.19. The number of nitrogens with zero attached hydrogens (tertiary/aromatic N) is 1. The highest BCUT2D eigenvalue weighted by molar-refractivity contribution is 9.10. The van der Waals surface area contributed by atoms with E-state index in [1.807, 2.05) is 11.3 Å². The lowest BCUT2D eigenvalue weighted by Crippen LogP contribution is -2.28. The van der Waals surface area contributed by atoms with Gasteiger partial charge in [-0.3, -0.25) is 0 Å². The number of hydrogen-bond acceptors (Lipinski definition) is 3. The Balaban J connectivity index is 2.12. The van der Waals surface area contributed by atoms with E-state index in [9.17, 15) is 0 Å². The molecule has 0 fully saturated rings. The molecule has 0 bridgehead atoms. The highest BCUT2D eigenvalue weighted by Crippen LogP contribution is 2.19. The van der Waals surface area contributed by atoms with Crippen LogP contribution in [-0.2, 0) is 6.54 Å². The molecule has 0 aromatic carbocycles. The van der Waals surface area contributed by atoms with Crippen molar-refractivity contribution in [3.8, 4) is 0 Å². The molecule has 1 atom stereocenters. The van der Waals surface area contributed by atoms with Crippen molar-refractivity contribution in [2.45, 2.75) is 46.2 Å². The largest absolute Gasteiger partial charge is 0.309 e. The van der Waals surface area contributed by atoms with Gasteiger partial charge >= 0.3 is 0 Å². The van der Waals surface area contributed by atoms with E-state index in [0.717, 1.165) is 6.54 Å². The van der Waals surface area contributed by atoms with Gasteiger partial charge in [0.1, 0.15) is 0 Å². The van der Waals surface area contributed by atoms with Crippen molar-refractivity contribution in [2.24, 2.45) is 0 Å². The Bertz CT molecular complexity index is 323. The Morgan fingerprint density at radius 1 is 1.39 bits per heavy atom. The van der Waals surface area contributed by atoms with Gasteiger partial charge in [0.25, 0.3) is 0 Å². The minimum atomic E-state index is 0.599. The zero-order valence-corrected chi connectivity index (χ0v) is 14.1. The number of nitrogens with one attached hydrogen (secondary N) is 1. The fraction of sp³-hybridized carbons (Fsp3) is 0.714. The van der Waals surface area contributed by atoms with Gasteiger partial charge in [-0.2, -0.15) is 0 Å². The molecule has 0 aliphatic rings. The summed E-state index contributed by atoms with van der Waals surface area (Å²) in [5.41, 5.74) is 0. The molecule has 1 heterocycles. The van der Waals surface area contributed by atoms with Crippen LogP contribution >= 0.6 is 27.3 Å². The van der Waals surface area contributed by atoms with Gasteiger partial charge < -0.3 is 10.2 Å². The van der Waals surface area contributed by atoms with Gasteiger partial charge in [0.05, 0.1) is 0 Å². The maximum Gasteiger partial charge on any atom is 0.0302 e. The van der Waals surface area contributed by atoms with Gasteiger partial charge in [-0.25, -0.2) is 0 Å². The standard InChI is InChI=1S/C14H25BrN2S/c1-4-17(5-2)8-6-7-12(3)16-10-14-9-13(15)11-18-14/h9,11-12,16H,4-8,10H2,1-3H3/t12-/m1/s1. The topological polar surface area (TPSA) is 15.3 Å². The van der Waals surface area contributed by atoms with Crippen molar-refractivity contribution in [1.82, 2.24) is 10.2 Å². The maximum absolute atomic E-state index is 3.59. The van der Waals surface area contributed by atoms with Crippen LogP contribution in [0.4, 0.5) is 0 Å². The molecule has 0 unspecified atom stereocenters. The Morgan fingerprint density at radius 3 is 2.67 bits per heavy atom. The van der Waals surface area contributed by atoms with Gasteiger partial charge in [-0.05, 0) is 61.4 Å². The van der Waals surface area contributed by atoms with E-state index in [2.05, 4.69) is 58.4 Å². The second-order valence-corrected chi connectivity index (χ2v) is 6.59. The van der Waals surface area contributed by atoms with Crippen LogP contribution in [0.15, 0.2) is 15.9 Å². The maximum atomic E-state index is 3.59. The van der Waals surface area contributed by atoms with Crippen LogP contribution in [0.1, 0.15) is 38.5 Å². The van der Waals surface area contributed by atoms with E-state index in [4.69, 9.17) is 0 Å². The quantitative estimate of drug-likeness (QED) is 0.732. The molecule has 1 aromatic heterocycles. The van der Waals surface area contributed by atoms with Crippen LogP contribution in [-0.4, -0.2) is 30.6 Å². The summed E-state index contributed by atoms with van der Waals surface area (Å²) in [7, 11) is 0. The fourth-order valence-electron chi connectivity index (χ4n) is 1.98. The van der Waals surface area contributed by atoms with E-state index in [0.29, 0.717) is 6.04 Å². The molecule has 1 rings (SSSR count). The Labute approximate surface area is 124 Å². The van der Waals surface area contributed by atoms with Crippen LogP contribution in [0.2, 0.25) is 0 Å². The molecule has 0 saturated carbocycles. The van der Waals surface area contributed by atoms with Crippen molar-refractivity contribution in [2.75, 3.05) is 19.6 Å². The molecule has 104 valence electrons. The summed E-state index contributed by atoms with van der Waals surface area (Å²) < 4.78 is 1.19. The summed E-state index contributed by atoms with van der Waals surface area (Å²) in [5.74, 6) is 0. The van der Waals surface area contributed by atoms with Crippen LogP contribution in [0.3, 0.4) is 0 Å². The molecule has 0 radical (unpaired) electrons. The lowest BCUT2D eigenvalue weighted by atomic mass is 10.1. The molecular formula is C14H25BrN2S. The van der Waals surface area contributed by atoms with E-state index >= 15 is 0 Å². The van der Waals surface area contributed by atoms with E-state index in [1.165, 1.54) is 41.8 Å². The molecule has 4 heteroatoms. The summed E-state index contributed by atoms with van der Waals surface area (Å²) in [4.78, 5) is 3.89. The van der Waals surface area contributed by atoms with E-state index in [1.54, 1.807) is 0 Å². The lowest BCUT2D eigenvalue weighted by molar-refractivity contribution is 0.290. The van der Waals surface area contributed by atoms with Crippen molar-refractivity contribution in [1.29, 1.82) is 0 Å². The molecule has 0 aliphatic carbocycles. The van der Waals surface area contributed by atoms with Gasteiger partial charge in [0, 0.05) is 27.3 Å². The zero-order valence-electron chi connectivity index (χ0n) is 11.7. The molecular weight excluding hydrogens is 308 g/mol. The second-order valence-electron chi connectivity index (χ2n) is 4.68. The van der Waals surface area contributed by atoms with Crippen LogP contribution in [0.25, 0.3) is 0 Å². The molecule has 0 aliphatic heterocycles. The van der Waals surface area contributed by atoms with Gasteiger partial charge in [-0.1, -0.05) is 13.8 Å². The average molecular weight is 333 g/mol. The third-order valence-corrected chi connectivity index (χ3v) is 4.95. The summed E-state index contributed by atoms with van der Waals surface area (Å²) in [5, 5.41) is 5.73. The first-order chi connectivity index (χ1) is 8.65. The van der Waals surface area contributed by atoms with E-state index < -0.39 is 0 Å². The molecule has 2 nitrogen and oxygen atoms in total. The van der Waals surface area contributed by atoms with Gasteiger partial charge in [0.15, 0.2) is 0 Å². The Morgan fingerprint density at radius 2 is 2.11 bits per heavy atom. The van der Waals surface area contributed by atoms with Crippen molar-refractivity contribution in [3.05, 3.63) is 20.8 Å². The van der Waals surface area contributed by atoms with Crippen molar-refractivity contribution in [3.63, 3.8) is 0 Å². The SMILES string of the molecule is CCN(CC)CCC[C@@H](C)NCc1cc(Br)cs1. The minimum absolute atomic E-state index is 0.599. The highest BCUT2D eigenvalue weighted by atomic mass is 79.9. The Kier molecular flexibility index (Phi) is 8.15. The molecule has 0 amide bonds. The summed E-state index contributed by atoms with van der Waals surface area (Å²) in [6.45, 7) is 11.3. The smallest absolute Gasteiger partial charge is 0.0302 e. The van der Waals surface area contributed by atoms with E-state index in [-0.39, 0.29) is 0 Å². The predicted molar refractivity (Wildman–Crippen MR) is 85.3 cm³/mol. The zero-order chi connectivity index (χ0) is 13.4. The van der Waals surface area contributed by atoms with Crippen molar-refractivity contribution < 1.29 is 0 Å². The first-order valence-corrected chi connectivity index (χ1v) is 8.51. The summed E-state index contributed by atoms with van der Waals surface area (Å²) >= 11 is 5.30. The summed E-state index contributed by atoms with van der Waals surface area (Å²) in [6.07, 6.45) is 2.53. The third kappa shape index (κ3) is 6.32. The molecule has 18 heavy (non-hydrogen) atoms. The van der Waals surface area contributed by atoms with Crippen LogP contribution in [0, 0.1) is 0 Å². The molecule has 0 spiro atoms. The van der Waals surface area contributed by atoms with Crippen LogP contribution < -0.4 is 5.32 Å². The van der Waals surface area contributed by atoms with Crippen molar-refractivity contribution >= 4 is 27.3 Å². The first-order valence-electron chi connectivity index (χ1n) is 6.84. The third-order valence-electron chi connectivity index (χ3n) is 3.25. The highest BCUT2D eigenvalue weighted by Gasteiger charge is 2.04. The van der Waals surface area contributed by atoms with Crippen LogP contribution in [0.5, 0.6) is 0 Å². The predicted octanol–water partition coefficient (Wildman–Crippen LogP) is 4.11. The number of halogens is 1. The van der Waals surface area contributed by atoms with Gasteiger partial charge in [0.2, 0.25) is 0 Å². The monoisotopic (exact) mass is 332 g/mol. The fourth-order valence-corrected chi connectivity index (χ4v) is 3.39. The minimum Gasteiger partial charge on any atom is -0.309 e. The number of thiophene rings is 1. The average Bonchev–Trinajstić information content (AvgIpc) is 2.78. The first kappa shape index (κ1) is 16.2. The molecule has 0 saturated heterocycles. The molecule has 1 N–H and O–H groups in total. The summed E-state index contributed by atoms with van der Waals surface area (Å²) in [6, 6.07) is 2.79. The van der Waals surface area contributed by atoms with Gasteiger partial charge in [-0.15, -0.1) is 11.3 Å². The number of rotatable bonds is 9. The number of hydrogen-bond donors (Lipinski definition) is 1. The Hall–Kier alpha value is 0.1000. The normalized spacial score (nSPS) is 13.2. The second kappa shape index (κ2) is 9.08.